The molecule has 3 N–H and O–H groups in total. The molecule has 4 heteroatoms. The Labute approximate surface area is 134 Å². The molecule has 22 heavy (non-hydrogen) atoms. The number of nitrogens with two attached hydrogens (primary N) is 1. The Morgan fingerprint density at radius 3 is 2.64 bits per heavy atom. The van der Waals surface area contributed by atoms with Crippen LogP contribution >= 0.6 is 0 Å². The summed E-state index contributed by atoms with van der Waals surface area (Å²) in [7, 11) is 4.33. The summed E-state index contributed by atoms with van der Waals surface area (Å²) >= 11 is 0. The van der Waals surface area contributed by atoms with Crippen LogP contribution < -0.4 is 11.1 Å². The molecule has 0 amide bonds. The average Bonchev–Trinajstić information content (AvgIpc) is 2.47. The first kappa shape index (κ1) is 16.8. The highest BCUT2D eigenvalue weighted by Crippen LogP contribution is 2.35. The first-order valence-corrected chi connectivity index (χ1v) is 8.22. The Morgan fingerprint density at radius 1 is 1.36 bits per heavy atom. The number of guanidine groups is 1. The van der Waals surface area contributed by atoms with Crippen LogP contribution in [-0.4, -0.2) is 37.0 Å². The fourth-order valence-corrected chi connectivity index (χ4v) is 3.38. The molecule has 2 unspecified atom stereocenters. The molecule has 0 saturated heterocycles. The van der Waals surface area contributed by atoms with E-state index in [0.29, 0.717) is 5.96 Å². The zero-order chi connectivity index (χ0) is 16.2. The lowest BCUT2D eigenvalue weighted by molar-refractivity contribution is 0.0846. The maximum absolute atomic E-state index is 6.08. The van der Waals surface area contributed by atoms with Crippen molar-refractivity contribution in [1.82, 2.24) is 4.90 Å². The number of nitrogens with zero attached hydrogens (tertiary/aromatic N) is 2. The third kappa shape index (κ3) is 4.23. The Kier molecular flexibility index (Phi) is 5.46. The van der Waals surface area contributed by atoms with Gasteiger partial charge in [0.05, 0.1) is 6.54 Å². The van der Waals surface area contributed by atoms with Crippen molar-refractivity contribution in [1.29, 1.82) is 0 Å². The average molecular weight is 302 g/mol. The summed E-state index contributed by atoms with van der Waals surface area (Å²) in [6.07, 6.45) is 5.00. The molecule has 0 spiro atoms. The predicted molar refractivity (Wildman–Crippen MR) is 95.3 cm³/mol. The van der Waals surface area contributed by atoms with Gasteiger partial charge in [0.25, 0.3) is 0 Å². The van der Waals surface area contributed by atoms with Gasteiger partial charge in [0.15, 0.2) is 5.96 Å². The molecular weight excluding hydrogens is 272 g/mol. The van der Waals surface area contributed by atoms with Gasteiger partial charge in [-0.1, -0.05) is 37.5 Å². The van der Waals surface area contributed by atoms with Gasteiger partial charge in [-0.25, -0.2) is 0 Å². The molecule has 1 aromatic carbocycles. The highest BCUT2D eigenvalue weighted by atomic mass is 15.2. The summed E-state index contributed by atoms with van der Waals surface area (Å²) in [5, 5.41) is 3.19. The van der Waals surface area contributed by atoms with E-state index in [9.17, 15) is 0 Å². The predicted octanol–water partition coefficient (Wildman–Crippen LogP) is 3.23. The van der Waals surface area contributed by atoms with Crippen LogP contribution in [0.1, 0.15) is 38.2 Å². The lowest BCUT2D eigenvalue weighted by atomic mass is 9.75. The quantitative estimate of drug-likeness (QED) is 0.663. The van der Waals surface area contributed by atoms with Gasteiger partial charge < -0.3 is 16.0 Å². The van der Waals surface area contributed by atoms with E-state index in [-0.39, 0.29) is 5.54 Å². The SMILES string of the molecule is Cc1ccc(NC(N)=NCC2(N(C)C)CCCC(C)C2)cc1. The summed E-state index contributed by atoms with van der Waals surface area (Å²) in [4.78, 5) is 6.97. The van der Waals surface area contributed by atoms with Gasteiger partial charge in [-0.15, -0.1) is 0 Å². The number of rotatable bonds is 4. The largest absolute Gasteiger partial charge is 0.370 e. The van der Waals surface area contributed by atoms with Gasteiger partial charge in [0, 0.05) is 11.2 Å². The van der Waals surface area contributed by atoms with Crippen LogP contribution in [0, 0.1) is 12.8 Å². The highest BCUT2D eigenvalue weighted by molar-refractivity contribution is 5.92. The van der Waals surface area contributed by atoms with Crippen LogP contribution in [0.4, 0.5) is 5.69 Å². The number of aliphatic imine (C=N–C) groups is 1. The molecule has 1 aliphatic carbocycles. The third-order valence-electron chi connectivity index (χ3n) is 4.88. The number of hydrogen-bond donors (Lipinski definition) is 2. The van der Waals surface area contributed by atoms with Gasteiger partial charge >= 0.3 is 0 Å². The van der Waals surface area contributed by atoms with Gasteiger partial charge in [0.1, 0.15) is 0 Å². The molecule has 4 nitrogen and oxygen atoms in total. The number of nitrogens with one attached hydrogen (secondary N) is 1. The second kappa shape index (κ2) is 7.14. The monoisotopic (exact) mass is 302 g/mol. The van der Waals surface area contributed by atoms with E-state index >= 15 is 0 Å². The van der Waals surface area contributed by atoms with E-state index in [1.54, 1.807) is 0 Å². The van der Waals surface area contributed by atoms with Crippen LogP contribution in [0.3, 0.4) is 0 Å². The number of aryl methyl sites for hydroxylation is 1. The summed E-state index contributed by atoms with van der Waals surface area (Å²) < 4.78 is 0. The Morgan fingerprint density at radius 2 is 2.05 bits per heavy atom. The van der Waals surface area contributed by atoms with E-state index < -0.39 is 0 Å². The fourth-order valence-electron chi connectivity index (χ4n) is 3.38. The van der Waals surface area contributed by atoms with Crippen LogP contribution in [0.2, 0.25) is 0 Å². The topological polar surface area (TPSA) is 53.6 Å². The molecule has 1 aliphatic rings. The highest BCUT2D eigenvalue weighted by Gasteiger charge is 2.36. The normalized spacial score (nSPS) is 26.2. The molecule has 0 bridgehead atoms. The first-order valence-electron chi connectivity index (χ1n) is 8.22. The number of anilines is 1. The zero-order valence-corrected chi connectivity index (χ0v) is 14.4. The van der Waals surface area contributed by atoms with Gasteiger partial charge in [-0.2, -0.15) is 0 Å². The second-order valence-electron chi connectivity index (χ2n) is 7.01. The summed E-state index contributed by atoms with van der Waals surface area (Å²) in [5.74, 6) is 1.26. The summed E-state index contributed by atoms with van der Waals surface area (Å²) in [5.41, 5.74) is 8.45. The van der Waals surface area contributed by atoms with E-state index in [0.717, 1.165) is 18.2 Å². The van der Waals surface area contributed by atoms with Gasteiger partial charge in [-0.05, 0) is 51.9 Å². The first-order chi connectivity index (χ1) is 10.4. The molecule has 0 aromatic heterocycles. The van der Waals surface area contributed by atoms with Crippen LogP contribution in [0.5, 0.6) is 0 Å². The zero-order valence-electron chi connectivity index (χ0n) is 14.4. The molecule has 1 fully saturated rings. The minimum absolute atomic E-state index is 0.150. The molecule has 2 atom stereocenters. The van der Waals surface area contributed by atoms with Gasteiger partial charge in [-0.3, -0.25) is 4.99 Å². The number of hydrogen-bond acceptors (Lipinski definition) is 2. The molecule has 1 aromatic rings. The lowest BCUT2D eigenvalue weighted by Crippen LogP contribution is -2.50. The van der Waals surface area contributed by atoms with Gasteiger partial charge in [0.2, 0.25) is 0 Å². The standard InChI is InChI=1S/C18H30N4/c1-14-7-9-16(10-8-14)21-17(19)20-13-18(22(3)4)11-5-6-15(2)12-18/h7-10,15H,5-6,11-13H2,1-4H3,(H3,19,20,21). The Hall–Kier alpha value is -1.55. The van der Waals surface area contributed by atoms with E-state index in [2.05, 4.69) is 55.3 Å². The molecule has 0 heterocycles. The maximum atomic E-state index is 6.08. The maximum Gasteiger partial charge on any atom is 0.193 e. The lowest BCUT2D eigenvalue weighted by Gasteiger charge is -2.44. The molecule has 0 aliphatic heterocycles. The van der Waals surface area contributed by atoms with Crippen LogP contribution in [-0.2, 0) is 0 Å². The third-order valence-corrected chi connectivity index (χ3v) is 4.88. The van der Waals surface area contributed by atoms with Crippen molar-refractivity contribution in [2.45, 2.75) is 45.1 Å². The molecule has 1 saturated carbocycles. The molecule has 0 radical (unpaired) electrons. The molecule has 2 rings (SSSR count). The minimum Gasteiger partial charge on any atom is -0.370 e. The smallest absolute Gasteiger partial charge is 0.193 e. The number of benzene rings is 1. The van der Waals surface area contributed by atoms with Crippen molar-refractivity contribution in [3.05, 3.63) is 29.8 Å². The van der Waals surface area contributed by atoms with Crippen molar-refractivity contribution in [3.8, 4) is 0 Å². The van der Waals surface area contributed by atoms with E-state index in [1.165, 1.54) is 31.2 Å². The molecule has 122 valence electrons. The van der Waals surface area contributed by atoms with E-state index in [1.807, 2.05) is 12.1 Å². The fraction of sp³-hybridized carbons (Fsp3) is 0.611. The van der Waals surface area contributed by atoms with Crippen LogP contribution in [0.25, 0.3) is 0 Å². The van der Waals surface area contributed by atoms with Crippen molar-refractivity contribution in [2.24, 2.45) is 16.6 Å². The minimum atomic E-state index is 0.150. The van der Waals surface area contributed by atoms with Crippen molar-refractivity contribution in [2.75, 3.05) is 26.0 Å². The van der Waals surface area contributed by atoms with Crippen molar-refractivity contribution < 1.29 is 0 Å². The summed E-state index contributed by atoms with van der Waals surface area (Å²) in [6.45, 7) is 5.18. The number of likely N-dealkylation sites (N-methyl/N-ethyl adjacent to an activating group) is 1. The molecular formula is C18H30N4. The van der Waals surface area contributed by atoms with Crippen LogP contribution in [0.15, 0.2) is 29.3 Å². The summed E-state index contributed by atoms with van der Waals surface area (Å²) in [6, 6.07) is 8.20. The second-order valence-corrected chi connectivity index (χ2v) is 7.01. The van der Waals surface area contributed by atoms with Crippen molar-refractivity contribution >= 4 is 11.6 Å². The Bertz CT molecular complexity index is 506. The Balaban J connectivity index is 2.02. The van der Waals surface area contributed by atoms with Crippen molar-refractivity contribution in [3.63, 3.8) is 0 Å². The van der Waals surface area contributed by atoms with E-state index in [4.69, 9.17) is 5.73 Å².